The predicted octanol–water partition coefficient (Wildman–Crippen LogP) is 1.83. The van der Waals surface area contributed by atoms with Crippen molar-refractivity contribution in [2.45, 2.75) is 24.9 Å². The molecule has 0 bridgehead atoms. The molecule has 4 heterocycles. The summed E-state index contributed by atoms with van der Waals surface area (Å²) in [5, 5.41) is 7.18. The molecule has 0 aromatic carbocycles. The number of nitrogens with zero attached hydrogens (tertiary/aromatic N) is 3. The standard InChI is InChI=1S/C18H24N4O3/c1-21-6-2-14(13-21)15-12-16(20-19-15)17(23)22-7-3-18(25-11-8-22)4-9-24-10-5-18/h2,6,12-13H,3-5,7-11H2,1H3,(H,19,20). The summed E-state index contributed by atoms with van der Waals surface area (Å²) in [7, 11) is 1.96. The molecule has 134 valence electrons. The van der Waals surface area contributed by atoms with Crippen LogP contribution in [-0.4, -0.2) is 64.1 Å². The molecule has 7 heteroatoms. The van der Waals surface area contributed by atoms with Crippen LogP contribution in [0.15, 0.2) is 24.5 Å². The van der Waals surface area contributed by atoms with Crippen LogP contribution >= 0.6 is 0 Å². The van der Waals surface area contributed by atoms with Crippen molar-refractivity contribution in [1.82, 2.24) is 19.7 Å². The van der Waals surface area contributed by atoms with Crippen LogP contribution in [0.1, 0.15) is 29.8 Å². The van der Waals surface area contributed by atoms with Crippen molar-refractivity contribution in [3.05, 3.63) is 30.2 Å². The zero-order valence-corrected chi connectivity index (χ0v) is 14.5. The van der Waals surface area contributed by atoms with E-state index in [2.05, 4.69) is 10.2 Å². The lowest BCUT2D eigenvalue weighted by Gasteiger charge is -2.35. The molecular weight excluding hydrogens is 320 g/mol. The number of aromatic amines is 1. The van der Waals surface area contributed by atoms with Crippen molar-refractivity contribution in [2.24, 2.45) is 7.05 Å². The summed E-state index contributed by atoms with van der Waals surface area (Å²) in [5.74, 6) is -0.0117. The largest absolute Gasteiger partial charge is 0.381 e. The normalized spacial score (nSPS) is 20.6. The number of hydrogen-bond donors (Lipinski definition) is 1. The fourth-order valence-corrected chi connectivity index (χ4v) is 3.64. The molecule has 0 radical (unpaired) electrons. The summed E-state index contributed by atoms with van der Waals surface area (Å²) in [4.78, 5) is 14.7. The highest BCUT2D eigenvalue weighted by Gasteiger charge is 2.36. The summed E-state index contributed by atoms with van der Waals surface area (Å²) in [6, 6.07) is 3.81. The van der Waals surface area contributed by atoms with Gasteiger partial charge in [0.2, 0.25) is 0 Å². The highest BCUT2D eigenvalue weighted by atomic mass is 16.5. The summed E-state index contributed by atoms with van der Waals surface area (Å²) in [6.07, 6.45) is 6.64. The molecule has 2 aromatic rings. The Kier molecular flexibility index (Phi) is 4.35. The SMILES string of the molecule is Cn1ccc(-c2cc(C(=O)N3CCOC4(CCOCC4)CC3)[nH]n2)c1. The highest BCUT2D eigenvalue weighted by Crippen LogP contribution is 2.31. The Balaban J connectivity index is 1.45. The van der Waals surface area contributed by atoms with Crippen LogP contribution in [-0.2, 0) is 16.5 Å². The first-order valence-electron chi connectivity index (χ1n) is 8.84. The lowest BCUT2D eigenvalue weighted by Crippen LogP contribution is -2.40. The monoisotopic (exact) mass is 344 g/mol. The number of carbonyl (C=O) groups excluding carboxylic acids is 1. The van der Waals surface area contributed by atoms with Gasteiger partial charge in [-0.15, -0.1) is 0 Å². The molecule has 0 aliphatic carbocycles. The van der Waals surface area contributed by atoms with Crippen molar-refractivity contribution in [3.8, 4) is 11.3 Å². The van der Waals surface area contributed by atoms with Crippen molar-refractivity contribution in [3.63, 3.8) is 0 Å². The van der Waals surface area contributed by atoms with Gasteiger partial charge in [-0.1, -0.05) is 0 Å². The fourth-order valence-electron chi connectivity index (χ4n) is 3.64. The average molecular weight is 344 g/mol. The van der Waals surface area contributed by atoms with E-state index in [0.29, 0.717) is 25.4 Å². The third-order valence-electron chi connectivity index (χ3n) is 5.23. The Morgan fingerprint density at radius 3 is 2.84 bits per heavy atom. The van der Waals surface area contributed by atoms with Crippen LogP contribution in [0.4, 0.5) is 0 Å². The quantitative estimate of drug-likeness (QED) is 0.902. The van der Waals surface area contributed by atoms with Crippen LogP contribution in [0.5, 0.6) is 0 Å². The fraction of sp³-hybridized carbons (Fsp3) is 0.556. The maximum atomic E-state index is 12.8. The third-order valence-corrected chi connectivity index (χ3v) is 5.23. The van der Waals surface area contributed by atoms with Crippen LogP contribution in [0.25, 0.3) is 11.3 Å². The molecule has 0 atom stereocenters. The van der Waals surface area contributed by atoms with Gasteiger partial charge in [-0.05, 0) is 31.4 Å². The number of amides is 1. The van der Waals surface area contributed by atoms with E-state index in [1.54, 1.807) is 0 Å². The number of hydrogen-bond acceptors (Lipinski definition) is 4. The van der Waals surface area contributed by atoms with Crippen LogP contribution in [0, 0.1) is 0 Å². The third kappa shape index (κ3) is 3.34. The Morgan fingerprint density at radius 1 is 1.24 bits per heavy atom. The van der Waals surface area contributed by atoms with Gasteiger partial charge in [0.05, 0.1) is 17.9 Å². The molecule has 2 aromatic heterocycles. The molecule has 2 aliphatic rings. The molecule has 1 amide bonds. The van der Waals surface area contributed by atoms with Gasteiger partial charge >= 0.3 is 0 Å². The molecule has 1 spiro atoms. The van der Waals surface area contributed by atoms with Gasteiger partial charge in [-0.3, -0.25) is 9.89 Å². The van der Waals surface area contributed by atoms with Crippen LogP contribution in [0.2, 0.25) is 0 Å². The van der Waals surface area contributed by atoms with Crippen molar-refractivity contribution in [1.29, 1.82) is 0 Å². The molecule has 4 rings (SSSR count). The van der Waals surface area contributed by atoms with E-state index >= 15 is 0 Å². The lowest BCUT2D eigenvalue weighted by molar-refractivity contribution is -0.105. The Hall–Kier alpha value is -2.12. The van der Waals surface area contributed by atoms with Gasteiger partial charge in [-0.25, -0.2) is 0 Å². The van der Waals surface area contributed by atoms with Crippen molar-refractivity contribution >= 4 is 5.91 Å². The Morgan fingerprint density at radius 2 is 2.08 bits per heavy atom. The Bertz CT molecular complexity index is 745. The predicted molar refractivity (Wildman–Crippen MR) is 92.3 cm³/mol. The number of ether oxygens (including phenoxy) is 2. The van der Waals surface area contributed by atoms with E-state index < -0.39 is 0 Å². The molecule has 2 fully saturated rings. The van der Waals surface area contributed by atoms with E-state index in [1.165, 1.54) is 0 Å². The average Bonchev–Trinajstić information content (AvgIpc) is 3.23. The van der Waals surface area contributed by atoms with Crippen molar-refractivity contribution in [2.75, 3.05) is 32.9 Å². The minimum absolute atomic E-state index is 0.0117. The van der Waals surface area contributed by atoms with Gasteiger partial charge in [0.1, 0.15) is 5.69 Å². The number of aryl methyl sites for hydroxylation is 1. The number of nitrogens with one attached hydrogen (secondary N) is 1. The summed E-state index contributed by atoms with van der Waals surface area (Å²) < 4.78 is 13.5. The molecule has 2 saturated heterocycles. The second-order valence-electron chi connectivity index (χ2n) is 6.92. The number of aromatic nitrogens is 3. The number of H-pyrrole nitrogens is 1. The second-order valence-corrected chi connectivity index (χ2v) is 6.92. The zero-order valence-electron chi connectivity index (χ0n) is 14.5. The van der Waals surface area contributed by atoms with E-state index in [1.807, 2.05) is 41.0 Å². The molecule has 0 unspecified atom stereocenters. The first-order valence-corrected chi connectivity index (χ1v) is 8.84. The minimum Gasteiger partial charge on any atom is -0.381 e. The minimum atomic E-state index is -0.115. The summed E-state index contributed by atoms with van der Waals surface area (Å²) in [6.45, 7) is 3.38. The van der Waals surface area contributed by atoms with E-state index in [0.717, 1.165) is 43.7 Å². The number of rotatable bonds is 2. The topological polar surface area (TPSA) is 72.4 Å². The van der Waals surface area contributed by atoms with Crippen LogP contribution < -0.4 is 0 Å². The highest BCUT2D eigenvalue weighted by molar-refractivity contribution is 5.93. The summed E-state index contributed by atoms with van der Waals surface area (Å²) >= 11 is 0. The zero-order chi connectivity index (χ0) is 17.3. The molecule has 1 N–H and O–H groups in total. The van der Waals surface area contributed by atoms with Crippen LogP contribution in [0.3, 0.4) is 0 Å². The van der Waals surface area contributed by atoms with Gasteiger partial charge in [0.25, 0.3) is 5.91 Å². The maximum Gasteiger partial charge on any atom is 0.271 e. The Labute approximate surface area is 146 Å². The van der Waals surface area contributed by atoms with E-state index in [-0.39, 0.29) is 11.5 Å². The van der Waals surface area contributed by atoms with Crippen molar-refractivity contribution < 1.29 is 14.3 Å². The van der Waals surface area contributed by atoms with Gasteiger partial charge < -0.3 is 18.9 Å². The first-order chi connectivity index (χ1) is 12.2. The molecule has 25 heavy (non-hydrogen) atoms. The molecule has 7 nitrogen and oxygen atoms in total. The molecule has 0 saturated carbocycles. The lowest BCUT2D eigenvalue weighted by atomic mass is 9.90. The summed E-state index contributed by atoms with van der Waals surface area (Å²) in [5.41, 5.74) is 2.20. The van der Waals surface area contributed by atoms with Gasteiger partial charge in [0.15, 0.2) is 0 Å². The molecule has 2 aliphatic heterocycles. The van der Waals surface area contributed by atoms with E-state index in [9.17, 15) is 4.79 Å². The van der Waals surface area contributed by atoms with Gasteiger partial charge in [0, 0.05) is 51.3 Å². The molecular formula is C18H24N4O3. The number of carbonyl (C=O) groups is 1. The first kappa shape index (κ1) is 16.4. The van der Waals surface area contributed by atoms with E-state index in [4.69, 9.17) is 9.47 Å². The smallest absolute Gasteiger partial charge is 0.271 e. The maximum absolute atomic E-state index is 12.8. The second kappa shape index (κ2) is 6.65. The van der Waals surface area contributed by atoms with Gasteiger partial charge in [-0.2, -0.15) is 5.10 Å².